The van der Waals surface area contributed by atoms with Gasteiger partial charge in [0.2, 0.25) is 0 Å². The third kappa shape index (κ3) is 2.32. The molecule has 3 nitrogen and oxygen atoms in total. The lowest BCUT2D eigenvalue weighted by atomic mass is 10.2. The molecule has 1 N–H and O–H groups in total. The van der Waals surface area contributed by atoms with Gasteiger partial charge in [-0.15, -0.1) is 0 Å². The maximum Gasteiger partial charge on any atom is 0.101 e. The molecule has 0 saturated carbocycles. The predicted octanol–water partition coefficient (Wildman–Crippen LogP) is 0.993. The number of furan rings is 1. The van der Waals surface area contributed by atoms with E-state index >= 15 is 0 Å². The summed E-state index contributed by atoms with van der Waals surface area (Å²) >= 11 is 0. The Kier molecular flexibility index (Phi) is 2.66. The third-order valence-electron chi connectivity index (χ3n) is 2.40. The number of hydrogen-bond acceptors (Lipinski definition) is 3. The van der Waals surface area contributed by atoms with Crippen LogP contribution in [0.2, 0.25) is 0 Å². The van der Waals surface area contributed by atoms with Gasteiger partial charge >= 0.3 is 0 Å². The number of hydrogen-bond donors (Lipinski definition) is 1. The van der Waals surface area contributed by atoms with Gasteiger partial charge in [-0.05, 0) is 13.0 Å². The van der Waals surface area contributed by atoms with Gasteiger partial charge in [0.05, 0.1) is 6.26 Å². The van der Waals surface area contributed by atoms with Crippen molar-refractivity contribution < 1.29 is 4.42 Å². The topological polar surface area (TPSA) is 28.4 Å². The van der Waals surface area contributed by atoms with Crippen molar-refractivity contribution in [3.63, 3.8) is 0 Å². The van der Waals surface area contributed by atoms with Crippen LogP contribution in [0.5, 0.6) is 0 Å². The monoisotopic (exact) mass is 180 g/mol. The van der Waals surface area contributed by atoms with E-state index in [0.29, 0.717) is 0 Å². The van der Waals surface area contributed by atoms with E-state index < -0.39 is 0 Å². The number of aryl methyl sites for hydroxylation is 1. The fourth-order valence-corrected chi connectivity index (χ4v) is 1.71. The van der Waals surface area contributed by atoms with E-state index in [1.165, 1.54) is 5.56 Å². The van der Waals surface area contributed by atoms with Gasteiger partial charge < -0.3 is 9.73 Å². The molecule has 0 aromatic carbocycles. The SMILES string of the molecule is Cc1cc(CN2CCNCC2)co1. The third-order valence-corrected chi connectivity index (χ3v) is 2.40. The molecular weight excluding hydrogens is 164 g/mol. The Morgan fingerprint density at radius 3 is 2.85 bits per heavy atom. The lowest BCUT2D eigenvalue weighted by Crippen LogP contribution is -2.42. The van der Waals surface area contributed by atoms with Crippen molar-refractivity contribution >= 4 is 0 Å². The van der Waals surface area contributed by atoms with Gasteiger partial charge in [-0.3, -0.25) is 4.90 Å². The Morgan fingerprint density at radius 1 is 1.46 bits per heavy atom. The van der Waals surface area contributed by atoms with Crippen LogP contribution >= 0.6 is 0 Å². The van der Waals surface area contributed by atoms with Gasteiger partial charge in [-0.1, -0.05) is 0 Å². The average molecular weight is 180 g/mol. The second-order valence-electron chi connectivity index (χ2n) is 3.59. The maximum atomic E-state index is 5.26. The van der Waals surface area contributed by atoms with Gasteiger partial charge in [0.1, 0.15) is 5.76 Å². The number of rotatable bonds is 2. The van der Waals surface area contributed by atoms with Crippen LogP contribution < -0.4 is 5.32 Å². The molecule has 0 amide bonds. The molecule has 0 radical (unpaired) electrons. The Labute approximate surface area is 78.7 Å². The lowest BCUT2D eigenvalue weighted by Gasteiger charge is -2.26. The highest BCUT2D eigenvalue weighted by Gasteiger charge is 2.10. The predicted molar refractivity (Wildman–Crippen MR) is 51.6 cm³/mol. The van der Waals surface area contributed by atoms with Gasteiger partial charge in [0.25, 0.3) is 0 Å². The Balaban J connectivity index is 1.89. The van der Waals surface area contributed by atoms with E-state index in [1.54, 1.807) is 0 Å². The molecule has 1 aromatic rings. The quantitative estimate of drug-likeness (QED) is 0.735. The largest absolute Gasteiger partial charge is 0.469 e. The molecule has 72 valence electrons. The van der Waals surface area contributed by atoms with Crippen molar-refractivity contribution in [3.8, 4) is 0 Å². The molecule has 0 spiro atoms. The highest BCUT2D eigenvalue weighted by Crippen LogP contribution is 2.09. The van der Waals surface area contributed by atoms with E-state index in [1.807, 2.05) is 13.2 Å². The van der Waals surface area contributed by atoms with Crippen LogP contribution in [0.3, 0.4) is 0 Å². The molecule has 1 aliphatic heterocycles. The number of piperazine rings is 1. The van der Waals surface area contributed by atoms with Crippen molar-refractivity contribution in [3.05, 3.63) is 23.7 Å². The van der Waals surface area contributed by atoms with E-state index in [2.05, 4.69) is 16.3 Å². The number of nitrogens with zero attached hydrogens (tertiary/aromatic N) is 1. The van der Waals surface area contributed by atoms with Crippen LogP contribution in [-0.4, -0.2) is 31.1 Å². The molecule has 1 aromatic heterocycles. The zero-order valence-electron chi connectivity index (χ0n) is 8.05. The maximum absolute atomic E-state index is 5.26. The van der Waals surface area contributed by atoms with Crippen LogP contribution in [0.1, 0.15) is 11.3 Å². The smallest absolute Gasteiger partial charge is 0.101 e. The molecule has 1 aliphatic rings. The first-order valence-electron chi connectivity index (χ1n) is 4.82. The minimum Gasteiger partial charge on any atom is -0.469 e. The van der Waals surface area contributed by atoms with Crippen molar-refractivity contribution in [1.29, 1.82) is 0 Å². The molecule has 0 atom stereocenters. The highest BCUT2D eigenvalue weighted by molar-refractivity contribution is 5.11. The van der Waals surface area contributed by atoms with Gasteiger partial charge in [0, 0.05) is 38.3 Å². The summed E-state index contributed by atoms with van der Waals surface area (Å²) in [6.07, 6.45) is 1.86. The Bertz CT molecular complexity index is 264. The standard InChI is InChI=1S/C10H16N2O/c1-9-6-10(8-13-9)7-12-4-2-11-3-5-12/h6,8,11H,2-5,7H2,1H3. The fourth-order valence-electron chi connectivity index (χ4n) is 1.71. The summed E-state index contributed by atoms with van der Waals surface area (Å²) in [7, 11) is 0. The Morgan fingerprint density at radius 2 is 2.23 bits per heavy atom. The summed E-state index contributed by atoms with van der Waals surface area (Å²) in [5.74, 6) is 1.00. The molecule has 2 heterocycles. The van der Waals surface area contributed by atoms with E-state index in [9.17, 15) is 0 Å². The summed E-state index contributed by atoms with van der Waals surface area (Å²) in [6, 6.07) is 2.11. The zero-order valence-corrected chi connectivity index (χ0v) is 8.05. The van der Waals surface area contributed by atoms with Gasteiger partial charge in [-0.25, -0.2) is 0 Å². The van der Waals surface area contributed by atoms with Crippen LogP contribution in [0.15, 0.2) is 16.7 Å². The fraction of sp³-hybridized carbons (Fsp3) is 0.600. The summed E-state index contributed by atoms with van der Waals surface area (Å²) < 4.78 is 5.26. The molecule has 3 heteroatoms. The highest BCUT2D eigenvalue weighted by atomic mass is 16.3. The molecule has 2 rings (SSSR count). The molecule has 1 saturated heterocycles. The minimum atomic E-state index is 1.00. The second kappa shape index (κ2) is 3.94. The van der Waals surface area contributed by atoms with Crippen molar-refractivity contribution in [1.82, 2.24) is 10.2 Å². The summed E-state index contributed by atoms with van der Waals surface area (Å²) in [6.45, 7) is 7.52. The second-order valence-corrected chi connectivity index (χ2v) is 3.59. The van der Waals surface area contributed by atoms with Crippen LogP contribution in [0.25, 0.3) is 0 Å². The molecule has 0 aliphatic carbocycles. The normalized spacial score (nSPS) is 19.2. The van der Waals surface area contributed by atoms with Crippen LogP contribution in [0, 0.1) is 6.92 Å². The number of nitrogens with one attached hydrogen (secondary N) is 1. The van der Waals surface area contributed by atoms with E-state index in [-0.39, 0.29) is 0 Å². The van der Waals surface area contributed by atoms with Gasteiger partial charge in [-0.2, -0.15) is 0 Å². The first-order chi connectivity index (χ1) is 6.34. The van der Waals surface area contributed by atoms with Crippen molar-refractivity contribution in [2.75, 3.05) is 26.2 Å². The molecule has 0 unspecified atom stereocenters. The van der Waals surface area contributed by atoms with Crippen LogP contribution in [0.4, 0.5) is 0 Å². The Hall–Kier alpha value is -0.800. The van der Waals surface area contributed by atoms with Crippen molar-refractivity contribution in [2.24, 2.45) is 0 Å². The summed E-state index contributed by atoms with van der Waals surface area (Å²) in [5.41, 5.74) is 1.29. The van der Waals surface area contributed by atoms with Crippen molar-refractivity contribution in [2.45, 2.75) is 13.5 Å². The average Bonchev–Trinajstić information content (AvgIpc) is 2.53. The molecule has 0 bridgehead atoms. The lowest BCUT2D eigenvalue weighted by molar-refractivity contribution is 0.232. The van der Waals surface area contributed by atoms with E-state index in [0.717, 1.165) is 38.5 Å². The van der Waals surface area contributed by atoms with Crippen LogP contribution in [-0.2, 0) is 6.54 Å². The first kappa shape index (κ1) is 8.78. The van der Waals surface area contributed by atoms with Gasteiger partial charge in [0.15, 0.2) is 0 Å². The zero-order chi connectivity index (χ0) is 9.10. The molecular formula is C10H16N2O. The minimum absolute atomic E-state index is 1.00. The first-order valence-corrected chi connectivity index (χ1v) is 4.82. The van der Waals surface area contributed by atoms with E-state index in [4.69, 9.17) is 4.42 Å². The summed E-state index contributed by atoms with van der Waals surface area (Å²) in [4.78, 5) is 2.45. The molecule has 1 fully saturated rings. The molecule has 13 heavy (non-hydrogen) atoms. The summed E-state index contributed by atoms with van der Waals surface area (Å²) in [5, 5.41) is 3.34.